The summed E-state index contributed by atoms with van der Waals surface area (Å²) >= 11 is 8.99. The zero-order valence-electron chi connectivity index (χ0n) is 4.05. The van der Waals surface area contributed by atoms with Crippen LogP contribution in [0.4, 0.5) is 0 Å². The van der Waals surface area contributed by atoms with Crippen LogP contribution in [-0.2, 0) is 9.90 Å². The summed E-state index contributed by atoms with van der Waals surface area (Å²) in [5, 5.41) is 9.10. The van der Waals surface area contributed by atoms with E-state index in [9.17, 15) is 9.90 Å². The molecular weight excluding hydrogens is 150 g/mol. The summed E-state index contributed by atoms with van der Waals surface area (Å²) in [6.45, 7) is 1.15. The van der Waals surface area contributed by atoms with E-state index >= 15 is 0 Å². The van der Waals surface area contributed by atoms with Crippen molar-refractivity contribution in [2.75, 3.05) is 0 Å². The van der Waals surface area contributed by atoms with E-state index in [2.05, 4.69) is 12.2 Å². The lowest BCUT2D eigenvalue weighted by atomic mass is 10.7. The van der Waals surface area contributed by atoms with E-state index in [0.717, 1.165) is 6.92 Å². The van der Waals surface area contributed by atoms with E-state index in [1.807, 2.05) is 0 Å². The topological polar surface area (TPSA) is 40.2 Å². The first-order valence-electron chi connectivity index (χ1n) is 1.73. The fourth-order valence-electron chi connectivity index (χ4n) is 0.129. The third-order valence-electron chi connectivity index (χ3n) is 0.437. The number of nitrogens with zero attached hydrogens (tertiary/aromatic N) is 1. The van der Waals surface area contributed by atoms with E-state index in [-0.39, 0.29) is 0 Å². The van der Waals surface area contributed by atoms with Crippen LogP contribution in [0.3, 0.4) is 0 Å². The lowest BCUT2D eigenvalue weighted by molar-refractivity contribution is -0.122. The highest BCUT2D eigenvalue weighted by Crippen LogP contribution is 1.94. The number of halogens is 1. The molecule has 0 atom stereocenters. The molecule has 0 saturated carbocycles. The van der Waals surface area contributed by atoms with Gasteiger partial charge in [0.15, 0.2) is 0 Å². The van der Waals surface area contributed by atoms with Crippen LogP contribution in [0.25, 0.3) is 0 Å². The molecule has 0 fully saturated rings. The van der Waals surface area contributed by atoms with Gasteiger partial charge in [0.2, 0.25) is 5.91 Å². The Hall–Kier alpha value is -0.350. The Balaban J connectivity index is 3.83. The van der Waals surface area contributed by atoms with Crippen LogP contribution >= 0.6 is 24.0 Å². The Morgan fingerprint density at radius 2 is 2.12 bits per heavy atom. The summed E-state index contributed by atoms with van der Waals surface area (Å²) in [4.78, 5) is 10.1. The Morgan fingerprint density at radius 1 is 1.75 bits per heavy atom. The first-order valence-corrected chi connectivity index (χ1v) is 2.47. The second kappa shape index (κ2) is 2.84. The monoisotopic (exact) mass is 152 g/mol. The van der Waals surface area contributed by atoms with Crippen molar-refractivity contribution >= 4 is 35.1 Å². The van der Waals surface area contributed by atoms with Crippen LogP contribution in [0, 0.1) is 0 Å². The fraction of sp³-hybridized carbons (Fsp3) is 0.333. The van der Waals surface area contributed by atoms with Crippen LogP contribution < -0.4 is 0 Å². The van der Waals surface area contributed by atoms with Gasteiger partial charge in [-0.05, 0) is 12.2 Å². The molecule has 0 rings (SSSR count). The minimum atomic E-state index is -0.876. The molecule has 0 aromatic heterocycles. The molecule has 1 radical (unpaired) electrons. The normalized spacial score (nSPS) is 8.25. The van der Waals surface area contributed by atoms with Crippen LogP contribution in [0.2, 0.25) is 0 Å². The molecule has 0 unspecified atom stereocenters. The summed E-state index contributed by atoms with van der Waals surface area (Å²) in [5.74, 6) is -0.563. The fourth-order valence-corrected chi connectivity index (χ4v) is 0.257. The quantitative estimate of drug-likeness (QED) is 0.379. The lowest BCUT2D eigenvalue weighted by Crippen LogP contribution is -2.22. The molecule has 0 aliphatic rings. The van der Waals surface area contributed by atoms with Crippen LogP contribution in [0.5, 0.6) is 0 Å². The maximum atomic E-state index is 10.1. The third kappa shape index (κ3) is 2.09. The van der Waals surface area contributed by atoms with Gasteiger partial charge in [-0.3, -0.25) is 9.90 Å². The maximum Gasteiger partial charge on any atom is 0.334 e. The average molecular weight is 153 g/mol. The molecule has 8 heavy (non-hydrogen) atoms. The van der Waals surface area contributed by atoms with Gasteiger partial charge < -0.3 is 0 Å². The van der Waals surface area contributed by atoms with Crippen LogP contribution in [-0.4, -0.2) is 15.5 Å². The second-order valence-electron chi connectivity index (χ2n) is 1.07. The lowest BCUT2D eigenvalue weighted by Gasteiger charge is -2.01. The largest absolute Gasteiger partial charge is 0.334 e. The zero-order valence-corrected chi connectivity index (χ0v) is 5.62. The SMILES string of the molecule is CC(=O)N(Cl)C([O])=S. The van der Waals surface area contributed by atoms with Crippen LogP contribution in [0.1, 0.15) is 6.92 Å². The third-order valence-corrected chi connectivity index (χ3v) is 1.11. The van der Waals surface area contributed by atoms with Gasteiger partial charge in [-0.1, -0.05) is 0 Å². The van der Waals surface area contributed by atoms with Crippen LogP contribution in [0.15, 0.2) is 0 Å². The first-order chi connectivity index (χ1) is 3.55. The zero-order chi connectivity index (χ0) is 6.73. The van der Waals surface area contributed by atoms with Crippen molar-refractivity contribution in [1.29, 1.82) is 0 Å². The van der Waals surface area contributed by atoms with Gasteiger partial charge in [-0.2, -0.15) is 4.42 Å². The molecule has 45 valence electrons. The van der Waals surface area contributed by atoms with E-state index < -0.39 is 11.1 Å². The average Bonchev–Trinajstić information content (AvgIpc) is 1.64. The molecular formula is C3H3ClNO2S. The standard InChI is InChI=1S/C3H3ClNO2S/c1-2(6)5(4)3(7)8/h1H3. The summed E-state index contributed by atoms with van der Waals surface area (Å²) in [7, 11) is 0. The van der Waals surface area contributed by atoms with E-state index in [1.54, 1.807) is 0 Å². The molecule has 0 aliphatic carbocycles. The molecule has 3 nitrogen and oxygen atoms in total. The summed E-state index contributed by atoms with van der Waals surface area (Å²) in [6.07, 6.45) is 0. The minimum Gasteiger partial charge on any atom is -0.273 e. The van der Waals surface area contributed by atoms with E-state index in [0.29, 0.717) is 4.42 Å². The van der Waals surface area contributed by atoms with Crippen molar-refractivity contribution in [2.45, 2.75) is 6.92 Å². The van der Waals surface area contributed by atoms with Gasteiger partial charge >= 0.3 is 5.17 Å². The number of hydrogen-bond acceptors (Lipinski definition) is 2. The molecule has 0 spiro atoms. The number of carbonyl (C=O) groups excluding carboxylic acids is 1. The highest BCUT2D eigenvalue weighted by atomic mass is 35.5. The molecule has 0 aromatic rings. The summed E-state index contributed by atoms with van der Waals surface area (Å²) < 4.78 is 0.343. The molecule has 1 amide bonds. The number of thiocarbonyl (C=S) groups is 1. The van der Waals surface area contributed by atoms with Gasteiger partial charge in [0, 0.05) is 18.7 Å². The number of carbonyl (C=O) groups is 1. The van der Waals surface area contributed by atoms with Crippen molar-refractivity contribution in [1.82, 2.24) is 4.42 Å². The van der Waals surface area contributed by atoms with E-state index in [4.69, 9.17) is 11.8 Å². The Bertz CT molecular complexity index is 112. The summed E-state index contributed by atoms with van der Waals surface area (Å²) in [6, 6.07) is 0. The van der Waals surface area contributed by atoms with Crippen molar-refractivity contribution in [3.63, 3.8) is 0 Å². The van der Waals surface area contributed by atoms with Crippen molar-refractivity contribution < 1.29 is 9.90 Å². The van der Waals surface area contributed by atoms with Crippen molar-refractivity contribution in [3.05, 3.63) is 0 Å². The van der Waals surface area contributed by atoms with Gasteiger partial charge in [0.25, 0.3) is 0 Å². The smallest absolute Gasteiger partial charge is 0.273 e. The molecule has 0 heterocycles. The number of rotatable bonds is 0. The van der Waals surface area contributed by atoms with E-state index in [1.165, 1.54) is 0 Å². The summed E-state index contributed by atoms with van der Waals surface area (Å²) in [5.41, 5.74) is 0. The first kappa shape index (κ1) is 7.65. The van der Waals surface area contributed by atoms with Gasteiger partial charge in [-0.25, -0.2) is 0 Å². The predicted molar refractivity (Wildman–Crippen MR) is 31.7 cm³/mol. The van der Waals surface area contributed by atoms with Gasteiger partial charge in [0.1, 0.15) is 0 Å². The Kier molecular flexibility index (Phi) is 2.71. The molecule has 0 N–H and O–H groups in total. The minimum absolute atomic E-state index is 0.343. The highest BCUT2D eigenvalue weighted by Gasteiger charge is 2.09. The molecule has 0 bridgehead atoms. The van der Waals surface area contributed by atoms with Crippen molar-refractivity contribution in [3.8, 4) is 0 Å². The van der Waals surface area contributed by atoms with Gasteiger partial charge in [-0.15, -0.1) is 0 Å². The Morgan fingerprint density at radius 3 is 2.12 bits per heavy atom. The number of hydrogen-bond donors (Lipinski definition) is 0. The maximum absolute atomic E-state index is 10.1. The Labute approximate surface area is 57.0 Å². The molecule has 0 saturated heterocycles. The predicted octanol–water partition coefficient (Wildman–Crippen LogP) is 0.704. The molecule has 0 aliphatic heterocycles. The van der Waals surface area contributed by atoms with Crippen molar-refractivity contribution in [2.24, 2.45) is 0 Å². The van der Waals surface area contributed by atoms with Gasteiger partial charge in [0.05, 0.1) is 0 Å². The molecule has 5 heteroatoms. The molecule has 0 aromatic carbocycles. The number of amides is 1. The highest BCUT2D eigenvalue weighted by molar-refractivity contribution is 7.80. The second-order valence-corrected chi connectivity index (χ2v) is 1.75.